The van der Waals surface area contributed by atoms with Crippen LogP contribution < -0.4 is 38.7 Å². The van der Waals surface area contributed by atoms with Gasteiger partial charge in [0.15, 0.2) is 0 Å². The fourth-order valence-corrected chi connectivity index (χ4v) is 21.2. The molecule has 26 heteroatoms. The van der Waals surface area contributed by atoms with Gasteiger partial charge >= 0.3 is 30.2 Å². The van der Waals surface area contributed by atoms with Gasteiger partial charge in [-0.25, -0.2) is 32.8 Å². The number of halogens is 2. The van der Waals surface area contributed by atoms with Crippen molar-refractivity contribution in [3.05, 3.63) is 375 Å². The molecule has 5 saturated heterocycles. The van der Waals surface area contributed by atoms with E-state index in [2.05, 4.69) is 105 Å². The highest BCUT2D eigenvalue weighted by atomic mass is 19.1. The van der Waals surface area contributed by atoms with Gasteiger partial charge in [0.25, 0.3) is 0 Å². The quantitative estimate of drug-likeness (QED) is 0.144. The van der Waals surface area contributed by atoms with Gasteiger partial charge in [0.05, 0.1) is 88.8 Å². The number of rotatable bonds is 9. The average molecular weight is 1970 g/mol. The van der Waals surface area contributed by atoms with Crippen LogP contribution in [0.4, 0.5) is 61.2 Å². The highest BCUT2D eigenvalue weighted by Gasteiger charge is 2.33. The minimum Gasteiger partial charge on any atom is -0.497 e. The number of hydrogen-bond donors (Lipinski definition) is 1. The second kappa shape index (κ2) is 44.0. The van der Waals surface area contributed by atoms with E-state index in [9.17, 15) is 37.9 Å². The van der Waals surface area contributed by atoms with Gasteiger partial charge in [-0.15, -0.1) is 0 Å². The van der Waals surface area contributed by atoms with E-state index in [1.165, 1.54) is 17.8 Å². The smallest absolute Gasteiger partial charge is 0.329 e. The third-order valence-electron chi connectivity index (χ3n) is 28.5. The van der Waals surface area contributed by atoms with Gasteiger partial charge in [-0.1, -0.05) is 239 Å². The molecule has 0 spiro atoms. The lowest BCUT2D eigenvalue weighted by atomic mass is 10.2. The maximum Gasteiger partial charge on any atom is 0.329 e. The molecule has 5 aromatic heterocycles. The molecule has 5 fully saturated rings. The highest BCUT2D eigenvalue weighted by molar-refractivity contribution is 6.17. The van der Waals surface area contributed by atoms with E-state index < -0.39 is 11.6 Å². The molecule has 20 aromatic rings. The molecule has 5 aliphatic heterocycles. The Labute approximate surface area is 852 Å². The van der Waals surface area contributed by atoms with Crippen LogP contribution in [-0.2, 0) is 6.61 Å². The number of amides is 5. The fraction of sp³-hybridized carbons (Fsp3) is 0.215. The normalized spacial score (nSPS) is 14.4. The van der Waals surface area contributed by atoms with Crippen molar-refractivity contribution in [3.8, 4) is 17.2 Å². The lowest BCUT2D eigenvalue weighted by molar-refractivity contribution is 0.197. The van der Waals surface area contributed by atoms with E-state index >= 15 is 0 Å². The summed E-state index contributed by atoms with van der Waals surface area (Å²) in [5, 5.41) is 20.4. The third kappa shape index (κ3) is 19.8. The molecule has 5 aliphatic rings. The summed E-state index contributed by atoms with van der Waals surface area (Å²) in [6, 6.07) is 117. The molecule has 10 heterocycles. The van der Waals surface area contributed by atoms with Crippen molar-refractivity contribution < 1.29 is 52.1 Å². The molecule has 0 unspecified atom stereocenters. The zero-order valence-electron chi connectivity index (χ0n) is 81.1. The molecule has 147 heavy (non-hydrogen) atoms. The number of methoxy groups -OCH3 is 3. The van der Waals surface area contributed by atoms with Crippen LogP contribution in [0.25, 0.3) is 109 Å². The van der Waals surface area contributed by atoms with Gasteiger partial charge in [-0.2, -0.15) is 0 Å². The summed E-state index contributed by atoms with van der Waals surface area (Å²) >= 11 is 0. The summed E-state index contributed by atoms with van der Waals surface area (Å²) in [5.74, 6) is 1.21. The molecule has 5 amide bonds. The molecule has 0 atom stereocenters. The number of nitrogens with zero attached hydrogens (tertiary/aromatic N) is 15. The van der Waals surface area contributed by atoms with Gasteiger partial charge in [-0.3, -0.25) is 22.8 Å². The molecule has 0 bridgehead atoms. The molecule has 15 aromatic carbocycles. The Morgan fingerprint density at radius 1 is 0.231 bits per heavy atom. The number of para-hydroxylation sites is 13. The zero-order chi connectivity index (χ0) is 99.1. The SMILES string of the molecule is C.C.COc1cc(OC)cc(N2CCN(C(=O)n3c4ccccc4c4ccccc43)CC2)c1.COc1ccccc1N1CCN(C(=O)n2c3ccccc3c3ccccc32)CC1.O=C(N1CCN(c2cc(F)cc(F)c2)CC1)n1c2ccccc2c2ccccc21.O=C(N1CCN(c2cccc(CO)c2)CC1)n1c2ccccc2c2ccccc21.O=C(N1CCN(c2ccccc2)CC1)n1c2ccccc2c2ccccc21. The molecule has 24 nitrogen and oxygen atoms in total. The number of aliphatic hydroxyl groups excluding tert-OH is 1. The Hall–Kier alpha value is -17.1. The van der Waals surface area contributed by atoms with Crippen LogP contribution in [-0.4, -0.2) is 235 Å². The van der Waals surface area contributed by atoms with Crippen molar-refractivity contribution >= 4 is 168 Å². The van der Waals surface area contributed by atoms with Gasteiger partial charge in [0.2, 0.25) is 0 Å². The summed E-state index contributed by atoms with van der Waals surface area (Å²) in [6.45, 7) is 13.8. The number of carbonyl (C=O) groups is 5. The standard InChI is InChI=1S/C25H25N3O3.2C24H23N3O2.C23H19F2N3O.C23H21N3O.2CH4/c1-30-19-15-18(16-20(17-19)31-2)26-11-13-27(14-12-26)25(29)28-23-9-5-3-7-21(23)22-8-4-6-10-24(22)28;1-29-23-13-7-6-12-22(23)25-14-16-26(17-15-25)24(28)27-20-10-4-2-8-18(20)19-9-3-5-11-21(19)27;28-17-18-6-5-7-19(16-18)25-12-14-26(15-13-25)24(29)27-22-10-3-1-8-20(22)21-9-2-4-11-23(21)27;24-16-13-17(25)15-18(14-16)26-9-11-27(12-10-26)23(29)28-21-7-3-1-5-19(21)20-6-2-4-8-22(20)28;27-23(25-16-14-24(15-17-25)18-8-2-1-3-9-18)26-21-12-6-4-10-19(21)20-11-5-7-13-22(20)26;;/h3-10,15-17H,11-14H2,1-2H3;2-13H,14-17H2,1H3;1-11,16,28H,12-15,17H2;1-8,13-15H,9-12H2;1-13H,14-17H2;2*1H4. The Morgan fingerprint density at radius 2 is 0.463 bits per heavy atom. The molecule has 0 saturated carbocycles. The number of fused-ring (bicyclic) bond motifs is 15. The minimum absolute atomic E-state index is 0. The Balaban J connectivity index is 0.000000115. The van der Waals surface area contributed by atoms with Crippen LogP contribution in [0.1, 0.15) is 20.4 Å². The lowest BCUT2D eigenvalue weighted by Gasteiger charge is -2.36. The topological polar surface area (TPSA) is 190 Å². The van der Waals surface area contributed by atoms with E-state index in [1.807, 2.05) is 298 Å². The van der Waals surface area contributed by atoms with Gasteiger partial charge < -0.3 is 68.3 Å². The number of aromatic nitrogens is 5. The van der Waals surface area contributed by atoms with E-state index in [4.69, 9.17) is 14.2 Å². The number of ether oxygens (including phenoxy) is 3. The molecule has 1 N–H and O–H groups in total. The van der Waals surface area contributed by atoms with Crippen LogP contribution in [0.15, 0.2) is 358 Å². The second-order valence-electron chi connectivity index (χ2n) is 36.7. The van der Waals surface area contributed by atoms with Crippen molar-refractivity contribution in [2.75, 3.05) is 177 Å². The maximum absolute atomic E-state index is 13.6. The van der Waals surface area contributed by atoms with Crippen molar-refractivity contribution in [3.63, 3.8) is 0 Å². The number of anilines is 5. The van der Waals surface area contributed by atoms with Crippen molar-refractivity contribution in [2.24, 2.45) is 0 Å². The van der Waals surface area contributed by atoms with Gasteiger partial charge in [-0.05, 0) is 115 Å². The summed E-state index contributed by atoms with van der Waals surface area (Å²) in [5.41, 5.74) is 15.3. The van der Waals surface area contributed by atoms with Crippen LogP contribution >= 0.6 is 0 Å². The van der Waals surface area contributed by atoms with Crippen molar-refractivity contribution in [1.82, 2.24) is 47.3 Å². The maximum atomic E-state index is 13.6. The van der Waals surface area contributed by atoms with E-state index in [1.54, 1.807) is 30.8 Å². The molecule has 25 rings (SSSR count). The van der Waals surface area contributed by atoms with Crippen LogP contribution in [0.3, 0.4) is 0 Å². The number of carbonyl (C=O) groups excluding carboxylic acids is 5. The largest absolute Gasteiger partial charge is 0.497 e. The lowest BCUT2D eigenvalue weighted by Crippen LogP contribution is -2.50. The number of aliphatic hydroxyl groups is 1. The molecular formula is C121H119F2N15O9. The molecule has 0 radical (unpaired) electrons. The number of hydrogen-bond acceptors (Lipinski definition) is 14. The first-order valence-electron chi connectivity index (χ1n) is 49.4. The highest BCUT2D eigenvalue weighted by Crippen LogP contribution is 2.39. The molecular weight excluding hydrogens is 1850 g/mol. The summed E-state index contributed by atoms with van der Waals surface area (Å²) in [4.78, 5) is 88.0. The second-order valence-corrected chi connectivity index (χ2v) is 36.7. The minimum atomic E-state index is -0.594. The molecule has 746 valence electrons. The van der Waals surface area contributed by atoms with Crippen LogP contribution in [0.2, 0.25) is 0 Å². The first-order chi connectivity index (χ1) is 71.2. The Morgan fingerprint density at radius 3 is 0.735 bits per heavy atom. The van der Waals surface area contributed by atoms with Crippen LogP contribution in [0.5, 0.6) is 17.2 Å². The Bertz CT molecular complexity index is 7870. The first-order valence-corrected chi connectivity index (χ1v) is 49.4. The summed E-state index contributed by atoms with van der Waals surface area (Å²) < 4.78 is 52.6. The Kier molecular flexibility index (Phi) is 29.5. The van der Waals surface area contributed by atoms with Crippen molar-refractivity contribution in [2.45, 2.75) is 21.5 Å². The van der Waals surface area contributed by atoms with Crippen molar-refractivity contribution in [1.29, 1.82) is 0 Å². The molecule has 0 aliphatic carbocycles. The number of piperazine rings is 5. The van der Waals surface area contributed by atoms with Crippen LogP contribution in [0, 0.1) is 11.6 Å². The fourth-order valence-electron chi connectivity index (χ4n) is 21.2. The third-order valence-corrected chi connectivity index (χ3v) is 28.5. The monoisotopic (exact) mass is 1960 g/mol. The summed E-state index contributed by atoms with van der Waals surface area (Å²) in [6.07, 6.45) is 0. The zero-order valence-corrected chi connectivity index (χ0v) is 81.1. The number of benzene rings is 15. The first kappa shape index (κ1) is 98.6. The summed E-state index contributed by atoms with van der Waals surface area (Å²) in [7, 11) is 5.00. The predicted molar refractivity (Wildman–Crippen MR) is 591 cm³/mol. The predicted octanol–water partition coefficient (Wildman–Crippen LogP) is 24.0. The van der Waals surface area contributed by atoms with Gasteiger partial charge in [0, 0.05) is 232 Å². The van der Waals surface area contributed by atoms with Gasteiger partial charge in [0.1, 0.15) is 28.9 Å². The van der Waals surface area contributed by atoms with E-state index in [-0.39, 0.29) is 51.6 Å². The average Bonchev–Trinajstić information content (AvgIpc) is 1.62. The van der Waals surface area contributed by atoms with E-state index in [0.717, 1.165) is 220 Å². The van der Waals surface area contributed by atoms with E-state index in [0.29, 0.717) is 71.1 Å².